The predicted molar refractivity (Wildman–Crippen MR) is 75.4 cm³/mol. The molecular formula is C13H18BN2O7+. The van der Waals surface area contributed by atoms with E-state index in [-0.39, 0.29) is 26.1 Å². The molecule has 0 unspecified atom stereocenters. The number of nitrogens with zero attached hydrogens (tertiary/aromatic N) is 1. The fourth-order valence-corrected chi connectivity index (χ4v) is 2.19. The molecule has 23 heavy (non-hydrogen) atoms. The Kier molecular flexibility index (Phi) is 5.91. The monoisotopic (exact) mass is 325 g/mol. The molecule has 0 aromatic carbocycles. The van der Waals surface area contributed by atoms with E-state index in [9.17, 15) is 19.8 Å². The summed E-state index contributed by atoms with van der Waals surface area (Å²) in [6, 6.07) is 4.87. The Morgan fingerprint density at radius 2 is 2.17 bits per heavy atom. The molecule has 4 N–H and O–H groups in total. The lowest BCUT2D eigenvalue weighted by Crippen LogP contribution is -2.51. The van der Waals surface area contributed by atoms with Crippen molar-refractivity contribution in [1.29, 1.82) is 0 Å². The van der Waals surface area contributed by atoms with E-state index in [2.05, 4.69) is 5.32 Å². The Bertz CT molecular complexity index is 571. The van der Waals surface area contributed by atoms with Crippen LogP contribution in [0.4, 0.5) is 0 Å². The smallest absolute Gasteiger partial charge is 0.480 e. The number of carbonyl (C=O) groups excluding carboxylic acids is 1. The lowest BCUT2D eigenvalue weighted by Gasteiger charge is -2.18. The van der Waals surface area contributed by atoms with Crippen LogP contribution in [-0.2, 0) is 25.4 Å². The Morgan fingerprint density at radius 3 is 2.87 bits per heavy atom. The summed E-state index contributed by atoms with van der Waals surface area (Å²) in [5, 5.41) is 30.8. The van der Waals surface area contributed by atoms with Gasteiger partial charge in [-0.05, 0) is 6.07 Å². The summed E-state index contributed by atoms with van der Waals surface area (Å²) in [6.07, 6.45) is 0.218. The van der Waals surface area contributed by atoms with Gasteiger partial charge in [-0.3, -0.25) is 14.8 Å². The van der Waals surface area contributed by atoms with Gasteiger partial charge in [-0.1, -0.05) is 0 Å². The summed E-state index contributed by atoms with van der Waals surface area (Å²) in [5.74, 6) is -2.33. The molecule has 0 bridgehead atoms. The molecule has 1 saturated heterocycles. The van der Waals surface area contributed by atoms with E-state index in [0.29, 0.717) is 5.69 Å². The number of nitrogens with one attached hydrogen (secondary N) is 1. The lowest BCUT2D eigenvalue weighted by molar-refractivity contribution is -0.909. The molecule has 0 radical (unpaired) electrons. The maximum absolute atomic E-state index is 12.0. The largest absolute Gasteiger partial charge is 0.481 e. The molecule has 2 rings (SSSR count). The Morgan fingerprint density at radius 1 is 1.39 bits per heavy atom. The number of aromatic nitrogens is 1. The summed E-state index contributed by atoms with van der Waals surface area (Å²) in [7, 11) is -1.37. The molecule has 0 spiro atoms. The van der Waals surface area contributed by atoms with Crippen molar-refractivity contribution in [2.75, 3.05) is 13.2 Å². The number of ether oxygens (including phenoxy) is 1. The minimum atomic E-state index is -1.37. The third-order valence-corrected chi connectivity index (χ3v) is 3.29. The minimum absolute atomic E-state index is 0.00304. The highest BCUT2D eigenvalue weighted by Crippen LogP contribution is 2.09. The first-order chi connectivity index (χ1) is 11.0. The number of carboxylic acids is 1. The van der Waals surface area contributed by atoms with E-state index in [4.69, 9.17) is 14.5 Å². The van der Waals surface area contributed by atoms with Gasteiger partial charge >= 0.3 is 13.1 Å². The van der Waals surface area contributed by atoms with Crippen LogP contribution in [0.5, 0.6) is 0 Å². The van der Waals surface area contributed by atoms with Crippen LogP contribution in [0.2, 0.25) is 0 Å². The molecule has 2 heterocycles. The van der Waals surface area contributed by atoms with Crippen molar-refractivity contribution in [3.63, 3.8) is 0 Å². The number of hydrogen-bond donors (Lipinski definition) is 4. The van der Waals surface area contributed by atoms with Crippen molar-refractivity contribution in [3.05, 3.63) is 30.1 Å². The molecule has 1 aromatic heterocycles. The number of rotatable bonds is 5. The maximum atomic E-state index is 12.0. The van der Waals surface area contributed by atoms with Crippen LogP contribution in [0.1, 0.15) is 12.1 Å². The first kappa shape index (κ1) is 17.2. The van der Waals surface area contributed by atoms with Crippen molar-refractivity contribution >= 4 is 19.0 Å². The highest BCUT2D eigenvalue weighted by Gasteiger charge is 2.35. The van der Waals surface area contributed by atoms with Crippen LogP contribution in [0.15, 0.2) is 24.4 Å². The molecule has 2 atom stereocenters. The first-order valence-corrected chi connectivity index (χ1v) is 7.07. The zero-order chi connectivity index (χ0) is 16.8. The Labute approximate surface area is 132 Å². The van der Waals surface area contributed by atoms with Crippen LogP contribution in [-0.4, -0.2) is 59.6 Å². The third-order valence-electron chi connectivity index (χ3n) is 3.29. The second-order valence-corrected chi connectivity index (χ2v) is 5.17. The van der Waals surface area contributed by atoms with E-state index >= 15 is 0 Å². The molecule has 1 amide bonds. The number of hydrogen-bond acceptors (Lipinski definition) is 6. The van der Waals surface area contributed by atoms with Crippen LogP contribution >= 0.6 is 0 Å². The van der Waals surface area contributed by atoms with Gasteiger partial charge in [0.2, 0.25) is 17.8 Å². The third kappa shape index (κ3) is 5.20. The molecule has 10 heteroatoms. The molecule has 1 aliphatic rings. The van der Waals surface area contributed by atoms with Crippen molar-refractivity contribution in [2.24, 2.45) is 0 Å². The van der Waals surface area contributed by atoms with Crippen LogP contribution in [0.25, 0.3) is 0 Å². The van der Waals surface area contributed by atoms with Gasteiger partial charge in [-0.15, -0.1) is 0 Å². The average Bonchev–Trinajstić information content (AvgIpc) is 2.63. The number of carbonyl (C=O) groups is 2. The molecule has 124 valence electrons. The quantitative estimate of drug-likeness (QED) is 0.284. The Hall–Kier alpha value is -2.17. The van der Waals surface area contributed by atoms with Crippen molar-refractivity contribution in [2.45, 2.75) is 24.9 Å². The van der Waals surface area contributed by atoms with Gasteiger partial charge in [-0.25, -0.2) is 0 Å². The predicted octanol–water partition coefficient (Wildman–Crippen LogP) is -1.85. The fourth-order valence-electron chi connectivity index (χ4n) is 2.19. The SMILES string of the molecule is O=C(O)C[C@H]1COC[C@H](NC(=O)Cc2cccc[n+]2O)B(O)O1. The van der Waals surface area contributed by atoms with E-state index in [1.165, 1.54) is 6.20 Å². The first-order valence-electron chi connectivity index (χ1n) is 7.07. The van der Waals surface area contributed by atoms with E-state index in [1.807, 2.05) is 0 Å². The van der Waals surface area contributed by atoms with Crippen molar-refractivity contribution in [1.82, 2.24) is 5.32 Å². The number of amides is 1. The summed E-state index contributed by atoms with van der Waals surface area (Å²) < 4.78 is 11.3. The zero-order valence-electron chi connectivity index (χ0n) is 12.3. The van der Waals surface area contributed by atoms with Gasteiger partial charge in [0.15, 0.2) is 0 Å². The molecule has 9 nitrogen and oxygen atoms in total. The normalized spacial score (nSPS) is 21.5. The van der Waals surface area contributed by atoms with E-state index in [0.717, 1.165) is 4.73 Å². The van der Waals surface area contributed by atoms with Crippen LogP contribution in [0.3, 0.4) is 0 Å². The second kappa shape index (κ2) is 7.91. The molecule has 1 aromatic rings. The summed E-state index contributed by atoms with van der Waals surface area (Å²) in [5.41, 5.74) is 0.374. The van der Waals surface area contributed by atoms with E-state index < -0.39 is 31.0 Å². The molecular weight excluding hydrogens is 307 g/mol. The van der Waals surface area contributed by atoms with Crippen molar-refractivity contribution in [3.8, 4) is 0 Å². The fraction of sp³-hybridized carbons (Fsp3) is 0.462. The minimum Gasteiger partial charge on any atom is -0.481 e. The van der Waals surface area contributed by atoms with Gasteiger partial charge in [0.05, 0.1) is 31.7 Å². The summed E-state index contributed by atoms with van der Waals surface area (Å²) in [6.45, 7) is 0.0159. The van der Waals surface area contributed by atoms with Gasteiger partial charge in [0, 0.05) is 16.9 Å². The topological polar surface area (TPSA) is 129 Å². The Balaban J connectivity index is 1.90. The van der Waals surface area contributed by atoms with Gasteiger partial charge < -0.3 is 24.8 Å². The average molecular weight is 325 g/mol. The summed E-state index contributed by atoms with van der Waals surface area (Å²) in [4.78, 5) is 22.7. The molecule has 1 aliphatic heterocycles. The van der Waals surface area contributed by atoms with Gasteiger partial charge in [-0.2, -0.15) is 0 Å². The lowest BCUT2D eigenvalue weighted by atomic mass is 9.79. The van der Waals surface area contributed by atoms with Gasteiger partial charge in [0.25, 0.3) is 0 Å². The summed E-state index contributed by atoms with van der Waals surface area (Å²) >= 11 is 0. The van der Waals surface area contributed by atoms with E-state index in [1.54, 1.807) is 18.2 Å². The van der Waals surface area contributed by atoms with Crippen molar-refractivity contribution < 1.29 is 39.0 Å². The second-order valence-electron chi connectivity index (χ2n) is 5.17. The standard InChI is InChI=1S/C13H17BN2O7/c17-12(5-9-3-1-2-4-16(9)21)15-11-8-22-7-10(6-13(18)19)23-14(11)20/h1-4,10-11,20H,5-8H2,(H2-,15,17,18,19,21)/p+1/t10-,11-/m0/s1. The highest BCUT2D eigenvalue weighted by molar-refractivity contribution is 6.45. The molecule has 0 saturated carbocycles. The van der Waals surface area contributed by atoms with Crippen LogP contribution in [0, 0.1) is 0 Å². The molecule has 0 aliphatic carbocycles. The maximum Gasteiger partial charge on any atom is 0.480 e. The number of aliphatic carboxylic acids is 1. The number of pyridine rings is 1. The zero-order valence-corrected chi connectivity index (χ0v) is 12.3. The molecule has 1 fully saturated rings. The highest BCUT2D eigenvalue weighted by atomic mass is 16.6. The van der Waals surface area contributed by atoms with Crippen LogP contribution < -0.4 is 10.0 Å². The van der Waals surface area contributed by atoms with Gasteiger partial charge in [0.1, 0.15) is 6.42 Å². The number of carboxylic acid groups (broad SMARTS) is 1.